The largest absolute Gasteiger partial charge is 0.350 e. The number of carbonyl (C=O) groups is 2. The zero-order valence-electron chi connectivity index (χ0n) is 13.5. The molecule has 1 aromatic heterocycles. The molecule has 122 valence electrons. The molecule has 0 radical (unpaired) electrons. The van der Waals surface area contributed by atoms with Crippen molar-refractivity contribution < 1.29 is 9.59 Å². The number of hydrogen-bond donors (Lipinski definition) is 1. The molecule has 1 aliphatic rings. The monoisotopic (exact) mass is 332 g/mol. The van der Waals surface area contributed by atoms with Crippen molar-refractivity contribution in [3.8, 4) is 0 Å². The lowest BCUT2D eigenvalue weighted by molar-refractivity contribution is -0.116. The molecule has 1 aliphatic carbocycles. The van der Waals surface area contributed by atoms with Gasteiger partial charge in [-0.25, -0.2) is 0 Å². The fourth-order valence-electron chi connectivity index (χ4n) is 3.41. The van der Waals surface area contributed by atoms with Gasteiger partial charge < -0.3 is 9.88 Å². The topological polar surface area (TPSA) is 53.2 Å². The number of Topliss-reactive ketones (excluding diaryl/α,β-unsaturated/α-hetero) is 1. The van der Waals surface area contributed by atoms with E-state index in [1.807, 2.05) is 6.07 Å². The van der Waals surface area contributed by atoms with Crippen molar-refractivity contribution in [2.45, 2.75) is 39.0 Å². The lowest BCUT2D eigenvalue weighted by Gasteiger charge is -2.22. The quantitative estimate of drug-likeness (QED) is 0.837. The first-order valence-corrected chi connectivity index (χ1v) is 8.46. The molecule has 0 atom stereocenters. The highest BCUT2D eigenvalue weighted by molar-refractivity contribution is 6.31. The van der Waals surface area contributed by atoms with Crippen molar-refractivity contribution in [1.82, 2.24) is 4.98 Å². The van der Waals surface area contributed by atoms with Crippen LogP contribution in [-0.2, 0) is 4.79 Å². The van der Waals surface area contributed by atoms with Crippen LogP contribution in [0.3, 0.4) is 0 Å². The van der Waals surface area contributed by atoms with Crippen LogP contribution in [0.25, 0.3) is 10.9 Å². The maximum atomic E-state index is 13.0. The Balaban J connectivity index is 2.12. The summed E-state index contributed by atoms with van der Waals surface area (Å²) in [5.41, 5.74) is 1.99. The molecule has 1 aromatic carbocycles. The molecular weight excluding hydrogens is 312 g/mol. The second-order valence-corrected chi connectivity index (χ2v) is 6.75. The molecule has 1 amide bonds. The Bertz CT molecular complexity index is 760. The second kappa shape index (κ2) is 6.36. The maximum Gasteiger partial charge on any atom is 0.223 e. The fourth-order valence-corrected chi connectivity index (χ4v) is 3.58. The molecule has 1 heterocycles. The van der Waals surface area contributed by atoms with Gasteiger partial charge in [0.2, 0.25) is 5.91 Å². The summed E-state index contributed by atoms with van der Waals surface area (Å²) in [6.45, 7) is 1.50. The normalized spacial score (nSPS) is 15.8. The Labute approximate surface area is 140 Å². The molecule has 0 bridgehead atoms. The number of fused-ring (bicyclic) bond motifs is 1. The van der Waals surface area contributed by atoms with Gasteiger partial charge in [-0.3, -0.25) is 9.59 Å². The van der Waals surface area contributed by atoms with Gasteiger partial charge in [-0.1, -0.05) is 30.9 Å². The first kappa shape index (κ1) is 16.1. The summed E-state index contributed by atoms with van der Waals surface area (Å²) in [6, 6.07) is 5.44. The van der Waals surface area contributed by atoms with Gasteiger partial charge in [-0.05, 0) is 31.0 Å². The van der Waals surface area contributed by atoms with Crippen LogP contribution in [0.4, 0.5) is 5.69 Å². The molecule has 0 saturated heterocycles. The van der Waals surface area contributed by atoms with Crippen LogP contribution >= 0.6 is 11.6 Å². The third-order valence-corrected chi connectivity index (χ3v) is 5.00. The lowest BCUT2D eigenvalue weighted by atomic mass is 9.85. The smallest absolute Gasteiger partial charge is 0.223 e. The van der Waals surface area contributed by atoms with E-state index >= 15 is 0 Å². The van der Waals surface area contributed by atoms with Gasteiger partial charge >= 0.3 is 0 Å². The molecule has 0 aliphatic heterocycles. The van der Waals surface area contributed by atoms with Crippen LogP contribution < -0.4 is 4.90 Å². The van der Waals surface area contributed by atoms with E-state index in [2.05, 4.69) is 4.98 Å². The predicted molar refractivity (Wildman–Crippen MR) is 93.3 cm³/mol. The summed E-state index contributed by atoms with van der Waals surface area (Å²) in [4.78, 5) is 29.6. The number of H-pyrrole nitrogens is 1. The molecule has 1 saturated carbocycles. The Kier molecular flexibility index (Phi) is 4.44. The van der Waals surface area contributed by atoms with Gasteiger partial charge in [-0.15, -0.1) is 0 Å². The van der Waals surface area contributed by atoms with Gasteiger partial charge in [0, 0.05) is 35.8 Å². The van der Waals surface area contributed by atoms with E-state index in [1.165, 1.54) is 13.3 Å². The third kappa shape index (κ3) is 3.00. The first-order chi connectivity index (χ1) is 11.0. The average Bonchev–Trinajstić information content (AvgIpc) is 2.92. The number of nitrogens with one attached hydrogen (secondary N) is 1. The summed E-state index contributed by atoms with van der Waals surface area (Å²) in [5, 5.41) is 1.46. The number of carbonyl (C=O) groups excluding carboxylic acids is 2. The number of aromatic nitrogens is 1. The molecule has 23 heavy (non-hydrogen) atoms. The van der Waals surface area contributed by atoms with Crippen molar-refractivity contribution >= 4 is 39.9 Å². The molecule has 0 unspecified atom stereocenters. The van der Waals surface area contributed by atoms with Gasteiger partial charge in [-0.2, -0.15) is 0 Å². The first-order valence-electron chi connectivity index (χ1n) is 8.08. The van der Waals surface area contributed by atoms with Crippen molar-refractivity contribution in [2.75, 3.05) is 11.9 Å². The van der Waals surface area contributed by atoms with Crippen LogP contribution in [-0.4, -0.2) is 23.7 Å². The number of nitrogens with zero attached hydrogens (tertiary/aromatic N) is 1. The minimum Gasteiger partial charge on any atom is -0.350 e. The SMILES string of the molecule is CC(=O)N(C)c1c(C(=O)C2CCCCC2)[nH]c2cc(Cl)ccc12. The molecule has 3 rings (SSSR count). The standard InChI is InChI=1S/C18H21ClN2O2/c1-11(22)21(2)17-14-9-8-13(19)10-15(14)20-16(17)18(23)12-6-4-3-5-7-12/h8-10,12,20H,3-7H2,1-2H3. The number of hydrogen-bond acceptors (Lipinski definition) is 2. The molecule has 1 N–H and O–H groups in total. The zero-order chi connectivity index (χ0) is 16.6. The van der Waals surface area contributed by atoms with Crippen molar-refractivity contribution in [2.24, 2.45) is 5.92 Å². The van der Waals surface area contributed by atoms with Gasteiger partial charge in [0.25, 0.3) is 0 Å². The van der Waals surface area contributed by atoms with E-state index in [9.17, 15) is 9.59 Å². The Morgan fingerprint density at radius 3 is 2.57 bits per heavy atom. The zero-order valence-corrected chi connectivity index (χ0v) is 14.2. The number of rotatable bonds is 3. The highest BCUT2D eigenvalue weighted by atomic mass is 35.5. The number of amides is 1. The van der Waals surface area contributed by atoms with E-state index < -0.39 is 0 Å². The Morgan fingerprint density at radius 1 is 1.22 bits per heavy atom. The lowest BCUT2D eigenvalue weighted by Crippen LogP contribution is -2.26. The Hall–Kier alpha value is -1.81. The molecule has 5 heteroatoms. The summed E-state index contributed by atoms with van der Waals surface area (Å²) in [7, 11) is 1.71. The van der Waals surface area contributed by atoms with E-state index in [-0.39, 0.29) is 17.6 Å². The van der Waals surface area contributed by atoms with E-state index in [0.29, 0.717) is 16.4 Å². The molecule has 4 nitrogen and oxygen atoms in total. The van der Waals surface area contributed by atoms with Crippen LogP contribution in [0.1, 0.15) is 49.5 Å². The molecule has 0 spiro atoms. The highest BCUT2D eigenvalue weighted by Gasteiger charge is 2.29. The number of benzene rings is 1. The molecular formula is C18H21ClN2O2. The highest BCUT2D eigenvalue weighted by Crippen LogP contribution is 2.36. The Morgan fingerprint density at radius 2 is 1.91 bits per heavy atom. The summed E-state index contributed by atoms with van der Waals surface area (Å²) < 4.78 is 0. The van der Waals surface area contributed by atoms with Crippen molar-refractivity contribution in [1.29, 1.82) is 0 Å². The van der Waals surface area contributed by atoms with Crippen LogP contribution in [0, 0.1) is 5.92 Å². The second-order valence-electron chi connectivity index (χ2n) is 6.32. The van der Waals surface area contributed by atoms with Crippen LogP contribution in [0.5, 0.6) is 0 Å². The van der Waals surface area contributed by atoms with E-state index in [4.69, 9.17) is 11.6 Å². The van der Waals surface area contributed by atoms with Crippen molar-refractivity contribution in [3.05, 3.63) is 28.9 Å². The van der Waals surface area contributed by atoms with Gasteiger partial charge in [0.1, 0.15) is 5.69 Å². The van der Waals surface area contributed by atoms with E-state index in [1.54, 1.807) is 24.1 Å². The number of aromatic amines is 1. The number of halogens is 1. The average molecular weight is 333 g/mol. The third-order valence-electron chi connectivity index (χ3n) is 4.76. The number of anilines is 1. The maximum absolute atomic E-state index is 13.0. The van der Waals surface area contributed by atoms with Crippen LogP contribution in [0.2, 0.25) is 5.02 Å². The van der Waals surface area contributed by atoms with Gasteiger partial charge in [0.05, 0.1) is 5.69 Å². The molecule has 1 fully saturated rings. The molecule has 2 aromatic rings. The predicted octanol–water partition coefficient (Wildman–Crippen LogP) is 4.57. The van der Waals surface area contributed by atoms with Gasteiger partial charge in [0.15, 0.2) is 5.78 Å². The summed E-state index contributed by atoms with van der Waals surface area (Å²) in [5.74, 6) is 0.0602. The summed E-state index contributed by atoms with van der Waals surface area (Å²) >= 11 is 6.07. The summed E-state index contributed by atoms with van der Waals surface area (Å²) in [6.07, 6.45) is 5.25. The van der Waals surface area contributed by atoms with E-state index in [0.717, 1.165) is 36.6 Å². The minimum atomic E-state index is -0.0986. The minimum absolute atomic E-state index is 0.0476. The number of ketones is 1. The van der Waals surface area contributed by atoms with Crippen molar-refractivity contribution in [3.63, 3.8) is 0 Å². The fraction of sp³-hybridized carbons (Fsp3) is 0.444. The van der Waals surface area contributed by atoms with Crippen LogP contribution in [0.15, 0.2) is 18.2 Å².